The lowest BCUT2D eigenvalue weighted by atomic mass is 10.3. The number of H-pyrrole nitrogens is 1. The van der Waals surface area contributed by atoms with E-state index in [2.05, 4.69) is 39.7 Å². The van der Waals surface area contributed by atoms with Gasteiger partial charge in [0.15, 0.2) is 11.7 Å². The Morgan fingerprint density at radius 3 is 2.83 bits per heavy atom. The van der Waals surface area contributed by atoms with E-state index in [0.717, 1.165) is 36.3 Å². The average Bonchev–Trinajstić information content (AvgIpc) is 3.10. The van der Waals surface area contributed by atoms with Crippen LogP contribution in [0.25, 0.3) is 0 Å². The standard InChI is InChI=1S/C12H19N5S/c1-3-13-10-8-11(17(4-2)12(18)16-10)15-9(14-8)7-5-6-7/h7,12,18H,3-6H2,1-2H3,(H,13,16)(H,14,15). The summed E-state index contributed by atoms with van der Waals surface area (Å²) in [5.41, 5.74) is 0.967. The first-order chi connectivity index (χ1) is 8.74. The molecule has 2 N–H and O–H groups in total. The minimum Gasteiger partial charge on any atom is -0.340 e. The highest BCUT2D eigenvalue weighted by molar-refractivity contribution is 7.81. The van der Waals surface area contributed by atoms with Crippen LogP contribution in [0.1, 0.15) is 44.1 Å². The van der Waals surface area contributed by atoms with Gasteiger partial charge in [0.25, 0.3) is 0 Å². The predicted octanol–water partition coefficient (Wildman–Crippen LogP) is 1.70. The predicted molar refractivity (Wildman–Crippen MR) is 76.6 cm³/mol. The van der Waals surface area contributed by atoms with E-state index < -0.39 is 0 Å². The topological polar surface area (TPSA) is 56.3 Å². The van der Waals surface area contributed by atoms with Gasteiger partial charge in [0.05, 0.1) is 0 Å². The maximum atomic E-state index is 4.75. The Bertz CT molecular complexity index is 477. The molecule has 1 atom stereocenters. The summed E-state index contributed by atoms with van der Waals surface area (Å²) in [4.78, 5) is 14.8. The van der Waals surface area contributed by atoms with Gasteiger partial charge in [-0.1, -0.05) is 0 Å². The summed E-state index contributed by atoms with van der Waals surface area (Å²) >= 11 is 4.57. The number of imidazole rings is 1. The number of rotatable bonds is 3. The smallest absolute Gasteiger partial charge is 0.160 e. The molecule has 6 heteroatoms. The van der Waals surface area contributed by atoms with Crippen molar-refractivity contribution in [2.75, 3.05) is 18.0 Å². The molecule has 0 bridgehead atoms. The van der Waals surface area contributed by atoms with Gasteiger partial charge in [-0.15, -0.1) is 12.6 Å². The molecule has 0 saturated heterocycles. The molecule has 3 rings (SSSR count). The maximum Gasteiger partial charge on any atom is 0.160 e. The Morgan fingerprint density at radius 2 is 2.22 bits per heavy atom. The Kier molecular flexibility index (Phi) is 2.97. The second-order valence-electron chi connectivity index (χ2n) is 4.72. The number of hydrogen-bond acceptors (Lipinski definition) is 4. The molecule has 1 aliphatic heterocycles. The van der Waals surface area contributed by atoms with Crippen molar-refractivity contribution in [2.45, 2.75) is 38.1 Å². The molecule has 0 aromatic carbocycles. The van der Waals surface area contributed by atoms with Gasteiger partial charge in [-0.25, -0.2) is 4.98 Å². The highest BCUT2D eigenvalue weighted by Gasteiger charge is 2.34. The van der Waals surface area contributed by atoms with Crippen LogP contribution in [-0.4, -0.2) is 34.4 Å². The summed E-state index contributed by atoms with van der Waals surface area (Å²) in [6.07, 6.45) is 2.49. The summed E-state index contributed by atoms with van der Waals surface area (Å²) in [7, 11) is 0. The molecule has 0 radical (unpaired) electrons. The minimum absolute atomic E-state index is 0.0526. The maximum absolute atomic E-state index is 4.75. The highest BCUT2D eigenvalue weighted by Crippen LogP contribution is 2.40. The molecular formula is C12H19N5S. The highest BCUT2D eigenvalue weighted by atomic mass is 32.1. The number of thiol groups is 1. The molecule has 2 heterocycles. The lowest BCUT2D eigenvalue weighted by molar-refractivity contribution is 0.709. The van der Waals surface area contributed by atoms with E-state index in [0.29, 0.717) is 5.92 Å². The number of aromatic nitrogens is 2. The van der Waals surface area contributed by atoms with Crippen molar-refractivity contribution in [1.29, 1.82) is 0 Å². The zero-order valence-corrected chi connectivity index (χ0v) is 11.7. The number of aliphatic imine (C=N–C) groups is 1. The van der Waals surface area contributed by atoms with Gasteiger partial charge in [0.1, 0.15) is 17.0 Å². The zero-order chi connectivity index (χ0) is 12.7. The van der Waals surface area contributed by atoms with Crippen molar-refractivity contribution in [3.05, 3.63) is 11.5 Å². The van der Waals surface area contributed by atoms with E-state index in [1.165, 1.54) is 12.8 Å². The van der Waals surface area contributed by atoms with Gasteiger partial charge in [-0.3, -0.25) is 4.99 Å². The molecule has 0 spiro atoms. The van der Waals surface area contributed by atoms with Crippen LogP contribution in [-0.2, 0) is 0 Å². The van der Waals surface area contributed by atoms with Crippen molar-refractivity contribution < 1.29 is 0 Å². The molecule has 5 nitrogen and oxygen atoms in total. The third kappa shape index (κ3) is 1.88. The summed E-state index contributed by atoms with van der Waals surface area (Å²) in [5.74, 6) is 3.60. The van der Waals surface area contributed by atoms with Crippen LogP contribution in [0, 0.1) is 0 Å². The van der Waals surface area contributed by atoms with Crippen LogP contribution < -0.4 is 10.2 Å². The third-order valence-corrected chi connectivity index (χ3v) is 3.80. The first-order valence-corrected chi connectivity index (χ1v) is 7.12. The lowest BCUT2D eigenvalue weighted by Crippen LogP contribution is -2.50. The summed E-state index contributed by atoms with van der Waals surface area (Å²) in [6.45, 7) is 5.78. The molecule has 1 unspecified atom stereocenters. The number of fused-ring (bicyclic) bond motifs is 1. The molecule has 1 fully saturated rings. The van der Waals surface area contributed by atoms with Crippen LogP contribution in [0.5, 0.6) is 0 Å². The van der Waals surface area contributed by atoms with Crippen molar-refractivity contribution in [1.82, 2.24) is 15.3 Å². The fourth-order valence-corrected chi connectivity index (χ4v) is 2.69. The van der Waals surface area contributed by atoms with Gasteiger partial charge in [0, 0.05) is 19.0 Å². The summed E-state index contributed by atoms with van der Waals surface area (Å²) < 4.78 is 0. The first-order valence-electron chi connectivity index (χ1n) is 6.60. The molecule has 98 valence electrons. The second-order valence-corrected chi connectivity index (χ2v) is 5.21. The Labute approximate surface area is 112 Å². The number of nitrogens with zero attached hydrogens (tertiary/aromatic N) is 3. The molecule has 1 aromatic rings. The molecule has 18 heavy (non-hydrogen) atoms. The molecule has 0 amide bonds. The summed E-state index contributed by atoms with van der Waals surface area (Å²) in [5, 5.41) is 3.32. The largest absolute Gasteiger partial charge is 0.340 e. The van der Waals surface area contributed by atoms with Crippen LogP contribution in [0.3, 0.4) is 0 Å². The van der Waals surface area contributed by atoms with Crippen molar-refractivity contribution >= 4 is 24.3 Å². The zero-order valence-electron chi connectivity index (χ0n) is 10.8. The minimum atomic E-state index is -0.0526. The normalized spacial score (nSPS) is 25.2. The fourth-order valence-electron chi connectivity index (χ4n) is 2.30. The van der Waals surface area contributed by atoms with Crippen LogP contribution in [0.2, 0.25) is 0 Å². The van der Waals surface area contributed by atoms with E-state index in [9.17, 15) is 0 Å². The van der Waals surface area contributed by atoms with E-state index in [1.807, 2.05) is 6.92 Å². The molecular weight excluding hydrogens is 246 g/mol. The van der Waals surface area contributed by atoms with Gasteiger partial charge in [-0.05, 0) is 26.7 Å². The quantitative estimate of drug-likeness (QED) is 0.729. The molecule has 1 aliphatic carbocycles. The van der Waals surface area contributed by atoms with Gasteiger partial charge >= 0.3 is 0 Å². The number of hydrogen-bond donors (Lipinski definition) is 3. The van der Waals surface area contributed by atoms with E-state index >= 15 is 0 Å². The van der Waals surface area contributed by atoms with Crippen LogP contribution >= 0.6 is 12.6 Å². The van der Waals surface area contributed by atoms with Gasteiger partial charge in [0.2, 0.25) is 0 Å². The van der Waals surface area contributed by atoms with Crippen LogP contribution in [0.4, 0.5) is 5.82 Å². The number of nitrogens with one attached hydrogen (secondary N) is 2. The number of aromatic amines is 1. The van der Waals surface area contributed by atoms with Gasteiger partial charge in [-0.2, -0.15) is 0 Å². The van der Waals surface area contributed by atoms with E-state index in [-0.39, 0.29) is 5.50 Å². The van der Waals surface area contributed by atoms with Gasteiger partial charge < -0.3 is 15.2 Å². The summed E-state index contributed by atoms with van der Waals surface area (Å²) in [6, 6.07) is 0. The fraction of sp³-hybridized carbons (Fsp3) is 0.667. The second kappa shape index (κ2) is 4.50. The molecule has 1 aromatic heterocycles. The average molecular weight is 265 g/mol. The van der Waals surface area contributed by atoms with Crippen molar-refractivity contribution in [2.24, 2.45) is 4.99 Å². The van der Waals surface area contributed by atoms with Crippen LogP contribution in [0.15, 0.2) is 4.99 Å². The SMILES string of the molecule is CCN=C1NC(S)N(CC)c2nc(C3CC3)[nH]c21. The Morgan fingerprint density at radius 1 is 1.44 bits per heavy atom. The van der Waals surface area contributed by atoms with Crippen molar-refractivity contribution in [3.8, 4) is 0 Å². The number of anilines is 1. The number of amidine groups is 1. The monoisotopic (exact) mass is 265 g/mol. The lowest BCUT2D eigenvalue weighted by Gasteiger charge is -2.33. The van der Waals surface area contributed by atoms with Crippen molar-refractivity contribution in [3.63, 3.8) is 0 Å². The van der Waals surface area contributed by atoms with E-state index in [1.54, 1.807) is 0 Å². The Hall–Kier alpha value is -1.17. The van der Waals surface area contributed by atoms with E-state index in [4.69, 9.17) is 4.98 Å². The third-order valence-electron chi connectivity index (χ3n) is 3.39. The Balaban J connectivity index is 2.04. The first kappa shape index (κ1) is 11.9. The molecule has 2 aliphatic rings. The molecule has 1 saturated carbocycles.